The Morgan fingerprint density at radius 3 is 2.29 bits per heavy atom. The lowest BCUT2D eigenvalue weighted by atomic mass is 10.1. The number of nitrogens with zero attached hydrogens (tertiary/aromatic N) is 1. The minimum absolute atomic E-state index is 0.0541. The van der Waals surface area contributed by atoms with Crippen molar-refractivity contribution in [3.05, 3.63) is 57.6 Å². The largest absolute Gasteiger partial charge is 0.493 e. The minimum atomic E-state index is -6.46. The number of ether oxygens (including phenoxy) is 2. The lowest BCUT2D eigenvalue weighted by Crippen LogP contribution is -2.58. The second-order valence-corrected chi connectivity index (χ2v) is 7.17. The molecule has 0 bridgehead atoms. The van der Waals surface area contributed by atoms with E-state index in [1.807, 2.05) is 31.2 Å². The first-order chi connectivity index (χ1) is 14.3. The number of alkyl halides is 7. The van der Waals surface area contributed by atoms with Gasteiger partial charge in [0.2, 0.25) is 0 Å². The molecule has 2 aromatic rings. The zero-order valence-electron chi connectivity index (χ0n) is 16.0. The fourth-order valence-electron chi connectivity index (χ4n) is 2.32. The fraction of sp³-hybridized carbons (Fsp3) is 0.316. The maximum atomic E-state index is 13.2. The highest BCUT2D eigenvalue weighted by Gasteiger charge is 2.73. The molecule has 0 heterocycles. The Balaban J connectivity index is 2.17. The number of hydrogen-bond donors (Lipinski definition) is 1. The quantitative estimate of drug-likeness (QED) is 0.201. The molecule has 12 heteroatoms. The summed E-state index contributed by atoms with van der Waals surface area (Å²) >= 11 is 3.13. The molecule has 0 aliphatic rings. The lowest BCUT2D eigenvalue weighted by molar-refractivity contribution is -0.361. The predicted molar refractivity (Wildman–Crippen MR) is 103 cm³/mol. The Labute approximate surface area is 181 Å². The summed E-state index contributed by atoms with van der Waals surface area (Å²) in [5.74, 6) is -5.89. The normalized spacial score (nSPS) is 12.8. The number of methoxy groups -OCH3 is 1. The maximum Gasteiger partial charge on any atom is 0.462 e. The number of halogens is 8. The van der Waals surface area contributed by atoms with Crippen molar-refractivity contribution in [2.24, 2.45) is 5.10 Å². The van der Waals surface area contributed by atoms with Gasteiger partial charge in [-0.15, -0.1) is 0 Å². The molecule has 0 aromatic heterocycles. The van der Waals surface area contributed by atoms with E-state index in [-0.39, 0.29) is 28.1 Å². The average molecular weight is 517 g/mol. The highest BCUT2D eigenvalue weighted by atomic mass is 79.9. The van der Waals surface area contributed by atoms with Crippen LogP contribution in [0.5, 0.6) is 11.5 Å². The zero-order valence-corrected chi connectivity index (χ0v) is 17.6. The molecule has 0 saturated carbocycles. The van der Waals surface area contributed by atoms with E-state index in [1.165, 1.54) is 19.2 Å². The van der Waals surface area contributed by atoms with E-state index in [2.05, 4.69) is 21.0 Å². The van der Waals surface area contributed by atoms with E-state index < -0.39 is 18.1 Å². The topological polar surface area (TPSA) is 42.8 Å². The van der Waals surface area contributed by atoms with Crippen molar-refractivity contribution in [1.29, 1.82) is 0 Å². The zero-order chi connectivity index (χ0) is 23.4. The molecule has 0 aliphatic carbocycles. The number of hydrazone groups is 1. The van der Waals surface area contributed by atoms with Crippen LogP contribution in [0.4, 0.5) is 30.7 Å². The summed E-state index contributed by atoms with van der Waals surface area (Å²) in [6.07, 6.45) is -5.82. The number of hydrogen-bond acceptors (Lipinski definition) is 4. The first-order valence-corrected chi connectivity index (χ1v) is 9.26. The molecule has 0 atom stereocenters. The molecular weight excluding hydrogens is 501 g/mol. The number of rotatable bonds is 8. The van der Waals surface area contributed by atoms with Crippen LogP contribution < -0.4 is 14.9 Å². The lowest BCUT2D eigenvalue weighted by Gasteiger charge is -2.27. The summed E-state index contributed by atoms with van der Waals surface area (Å²) < 4.78 is 99.8. The molecule has 0 radical (unpaired) electrons. The summed E-state index contributed by atoms with van der Waals surface area (Å²) in [4.78, 5) is 0. The van der Waals surface area contributed by atoms with Gasteiger partial charge in [-0.2, -0.15) is 35.8 Å². The van der Waals surface area contributed by atoms with E-state index >= 15 is 0 Å². The van der Waals surface area contributed by atoms with Crippen molar-refractivity contribution in [3.8, 4) is 11.5 Å². The van der Waals surface area contributed by atoms with Gasteiger partial charge in [0, 0.05) is 10.0 Å². The van der Waals surface area contributed by atoms with Crippen molar-refractivity contribution in [2.45, 2.75) is 31.7 Å². The number of benzene rings is 2. The summed E-state index contributed by atoms with van der Waals surface area (Å²) in [6, 6.07) is 4.56. The smallest absolute Gasteiger partial charge is 0.462 e. The van der Waals surface area contributed by atoms with E-state index in [1.54, 1.807) is 0 Å². The molecule has 0 fully saturated rings. The van der Waals surface area contributed by atoms with Crippen LogP contribution in [0.1, 0.15) is 16.7 Å². The second-order valence-electron chi connectivity index (χ2n) is 6.32. The molecule has 0 spiro atoms. The summed E-state index contributed by atoms with van der Waals surface area (Å²) in [5, 5.41) is 2.83. The third kappa shape index (κ3) is 5.81. The summed E-state index contributed by atoms with van der Waals surface area (Å²) in [5.41, 5.74) is 2.52. The Morgan fingerprint density at radius 2 is 1.71 bits per heavy atom. The molecule has 1 N–H and O–H groups in total. The Hall–Kier alpha value is -2.50. The van der Waals surface area contributed by atoms with Gasteiger partial charge >= 0.3 is 18.1 Å². The van der Waals surface area contributed by atoms with Crippen molar-refractivity contribution in [2.75, 3.05) is 7.11 Å². The van der Waals surface area contributed by atoms with Crippen molar-refractivity contribution >= 4 is 22.1 Å². The highest BCUT2D eigenvalue weighted by Crippen LogP contribution is 2.45. The predicted octanol–water partition coefficient (Wildman–Crippen LogP) is 6.06. The number of aryl methyl sites for hydroxylation is 1. The molecule has 2 rings (SSSR count). The van der Waals surface area contributed by atoms with Gasteiger partial charge in [0.15, 0.2) is 11.5 Å². The third-order valence-corrected chi connectivity index (χ3v) is 4.61. The van der Waals surface area contributed by atoms with E-state index in [0.717, 1.165) is 11.1 Å². The van der Waals surface area contributed by atoms with Gasteiger partial charge < -0.3 is 9.47 Å². The Morgan fingerprint density at radius 1 is 1.03 bits per heavy atom. The van der Waals surface area contributed by atoms with Gasteiger partial charge in [0.1, 0.15) is 6.61 Å². The first-order valence-electron chi connectivity index (χ1n) is 8.47. The molecule has 0 aliphatic heterocycles. The molecule has 0 amide bonds. The van der Waals surface area contributed by atoms with Crippen LogP contribution in [0.2, 0.25) is 0 Å². The van der Waals surface area contributed by atoms with E-state index in [0.29, 0.717) is 11.6 Å². The van der Waals surface area contributed by atoms with Gasteiger partial charge in [-0.1, -0.05) is 29.8 Å². The van der Waals surface area contributed by atoms with Crippen molar-refractivity contribution in [3.63, 3.8) is 0 Å². The van der Waals surface area contributed by atoms with Crippen LogP contribution in [0.3, 0.4) is 0 Å². The van der Waals surface area contributed by atoms with Gasteiger partial charge in [0.05, 0.1) is 13.3 Å². The monoisotopic (exact) mass is 516 g/mol. The fourth-order valence-corrected chi connectivity index (χ4v) is 2.74. The molecule has 31 heavy (non-hydrogen) atoms. The van der Waals surface area contributed by atoms with Crippen LogP contribution in [0.15, 0.2) is 46.0 Å². The minimum Gasteiger partial charge on any atom is -0.493 e. The molecule has 4 nitrogen and oxygen atoms in total. The van der Waals surface area contributed by atoms with Crippen LogP contribution in [0, 0.1) is 6.92 Å². The van der Waals surface area contributed by atoms with Crippen LogP contribution in [0.25, 0.3) is 0 Å². The van der Waals surface area contributed by atoms with Crippen molar-refractivity contribution in [1.82, 2.24) is 5.43 Å². The molecule has 170 valence electrons. The summed E-state index contributed by atoms with van der Waals surface area (Å²) in [6.45, 7) is 2.11. The Kier molecular flexibility index (Phi) is 7.45. The maximum absolute atomic E-state index is 13.2. The Bertz CT molecular complexity index is 949. The molecule has 0 saturated heterocycles. The van der Waals surface area contributed by atoms with Crippen molar-refractivity contribution < 1.29 is 40.2 Å². The van der Waals surface area contributed by atoms with Gasteiger partial charge in [0.25, 0.3) is 0 Å². The molecular formula is C19H16BrF7N2O2. The average Bonchev–Trinajstić information content (AvgIpc) is 2.66. The van der Waals surface area contributed by atoms with Crippen LogP contribution in [-0.4, -0.2) is 31.5 Å². The molecule has 0 unspecified atom stereocenters. The van der Waals surface area contributed by atoms with E-state index in [4.69, 9.17) is 9.47 Å². The SMILES string of the molecule is COc1cc(/C=N/NC(F)(F)C(F)(F)C(F)(F)F)c(Br)cc1OCc1cccc(C)c1. The molecule has 2 aromatic carbocycles. The van der Waals surface area contributed by atoms with E-state index in [9.17, 15) is 30.7 Å². The van der Waals surface area contributed by atoms with Gasteiger partial charge in [-0.05, 0) is 40.5 Å². The summed E-state index contributed by atoms with van der Waals surface area (Å²) in [7, 11) is 1.31. The van der Waals surface area contributed by atoms with Gasteiger partial charge in [-0.3, -0.25) is 0 Å². The highest BCUT2D eigenvalue weighted by molar-refractivity contribution is 9.10. The number of nitrogens with one attached hydrogen (secondary N) is 1. The van der Waals surface area contributed by atoms with Crippen LogP contribution in [-0.2, 0) is 6.61 Å². The first kappa shape index (κ1) is 24.8. The second kappa shape index (κ2) is 9.33. The third-order valence-electron chi connectivity index (χ3n) is 3.92. The van der Waals surface area contributed by atoms with Gasteiger partial charge in [-0.25, -0.2) is 5.43 Å². The van der Waals surface area contributed by atoms with Crippen LogP contribution >= 0.6 is 15.9 Å². The standard InChI is InChI=1S/C19H16BrF7N2O2/c1-11-4-3-5-12(6-11)10-31-16-8-14(20)13(7-15(16)30-2)9-28-29-19(26,27)17(21,22)18(23,24)25/h3-9,29H,10H2,1-2H3/b28-9+.